The number of hydrogen-bond donors (Lipinski definition) is 2. The molecule has 0 aromatic heterocycles. The molecular formula is C16H26N2O2S. The fourth-order valence-corrected chi connectivity index (χ4v) is 3.81. The third-order valence-corrected chi connectivity index (χ3v) is 5.13. The van der Waals surface area contributed by atoms with E-state index in [0.29, 0.717) is 6.04 Å². The molecule has 1 saturated carbocycles. The zero-order chi connectivity index (χ0) is 15.3. The van der Waals surface area contributed by atoms with E-state index in [4.69, 9.17) is 0 Å². The number of rotatable bonds is 9. The summed E-state index contributed by atoms with van der Waals surface area (Å²) in [6.07, 6.45) is 4.40. The highest BCUT2D eigenvalue weighted by Gasteiger charge is 2.20. The fourth-order valence-electron chi connectivity index (χ4n) is 2.36. The van der Waals surface area contributed by atoms with Crippen LogP contribution >= 0.6 is 0 Å². The summed E-state index contributed by atoms with van der Waals surface area (Å²) >= 11 is 0. The molecule has 5 heteroatoms. The smallest absolute Gasteiger partial charge is 0.216 e. The predicted molar refractivity (Wildman–Crippen MR) is 86.4 cm³/mol. The molecule has 0 spiro atoms. The minimum atomic E-state index is -3.25. The van der Waals surface area contributed by atoms with E-state index in [1.807, 2.05) is 31.2 Å². The van der Waals surface area contributed by atoms with Gasteiger partial charge in [-0.05, 0) is 37.3 Å². The molecule has 4 nitrogen and oxygen atoms in total. The first kappa shape index (κ1) is 16.5. The van der Waals surface area contributed by atoms with E-state index < -0.39 is 10.0 Å². The van der Waals surface area contributed by atoms with Gasteiger partial charge in [0.1, 0.15) is 0 Å². The SMILES string of the molecule is CCCC(C)NS(=O)(=O)Cc1ccc(CNC2CC2)cc1. The maximum Gasteiger partial charge on any atom is 0.216 e. The number of sulfonamides is 1. The number of hydrogen-bond acceptors (Lipinski definition) is 3. The molecule has 118 valence electrons. The van der Waals surface area contributed by atoms with Gasteiger partial charge in [0.15, 0.2) is 0 Å². The minimum absolute atomic E-state index is 0.00187. The number of benzene rings is 1. The third-order valence-electron chi connectivity index (χ3n) is 3.65. The average Bonchev–Trinajstić information content (AvgIpc) is 3.21. The zero-order valence-electron chi connectivity index (χ0n) is 12.9. The molecule has 1 aliphatic carbocycles. The predicted octanol–water partition coefficient (Wildman–Crippen LogP) is 2.55. The molecule has 1 aliphatic rings. The lowest BCUT2D eigenvalue weighted by Crippen LogP contribution is -2.33. The molecule has 0 saturated heterocycles. The Hall–Kier alpha value is -0.910. The van der Waals surface area contributed by atoms with Crippen molar-refractivity contribution in [2.24, 2.45) is 0 Å². The molecule has 2 N–H and O–H groups in total. The van der Waals surface area contributed by atoms with Crippen LogP contribution in [0.5, 0.6) is 0 Å². The summed E-state index contributed by atoms with van der Waals surface area (Å²) in [6.45, 7) is 4.83. The molecule has 2 rings (SSSR count). The van der Waals surface area contributed by atoms with E-state index in [0.717, 1.165) is 24.9 Å². The number of nitrogens with one attached hydrogen (secondary N) is 2. The van der Waals surface area contributed by atoms with Crippen LogP contribution in [0.25, 0.3) is 0 Å². The first-order chi connectivity index (χ1) is 9.98. The average molecular weight is 310 g/mol. The summed E-state index contributed by atoms with van der Waals surface area (Å²) in [5.74, 6) is 0.0530. The van der Waals surface area contributed by atoms with Crippen LogP contribution in [0.15, 0.2) is 24.3 Å². The van der Waals surface area contributed by atoms with Gasteiger partial charge in [-0.3, -0.25) is 0 Å². The van der Waals surface area contributed by atoms with Crippen molar-refractivity contribution in [2.45, 2.75) is 63.9 Å². The Balaban J connectivity index is 1.86. The van der Waals surface area contributed by atoms with Gasteiger partial charge in [-0.25, -0.2) is 13.1 Å². The van der Waals surface area contributed by atoms with Crippen molar-refractivity contribution in [3.63, 3.8) is 0 Å². The van der Waals surface area contributed by atoms with Crippen molar-refractivity contribution in [2.75, 3.05) is 0 Å². The zero-order valence-corrected chi connectivity index (χ0v) is 13.7. The highest BCUT2D eigenvalue weighted by molar-refractivity contribution is 7.88. The van der Waals surface area contributed by atoms with Gasteiger partial charge in [0, 0.05) is 18.6 Å². The van der Waals surface area contributed by atoms with Crippen molar-refractivity contribution in [1.29, 1.82) is 0 Å². The Morgan fingerprint density at radius 2 is 1.81 bits per heavy atom. The Kier molecular flexibility index (Phi) is 5.79. The third kappa shape index (κ3) is 6.16. The van der Waals surface area contributed by atoms with Crippen LogP contribution in [0, 0.1) is 0 Å². The van der Waals surface area contributed by atoms with Gasteiger partial charge in [-0.1, -0.05) is 37.6 Å². The Bertz CT molecular complexity index is 536. The van der Waals surface area contributed by atoms with Gasteiger partial charge in [-0.15, -0.1) is 0 Å². The van der Waals surface area contributed by atoms with Crippen LogP contribution in [-0.4, -0.2) is 20.5 Å². The lowest BCUT2D eigenvalue weighted by atomic mass is 10.1. The van der Waals surface area contributed by atoms with E-state index >= 15 is 0 Å². The molecule has 1 unspecified atom stereocenters. The minimum Gasteiger partial charge on any atom is -0.310 e. The first-order valence-electron chi connectivity index (χ1n) is 7.79. The molecule has 0 bridgehead atoms. The highest BCUT2D eigenvalue weighted by atomic mass is 32.2. The van der Waals surface area contributed by atoms with E-state index in [2.05, 4.69) is 17.0 Å². The molecule has 1 fully saturated rings. The molecule has 21 heavy (non-hydrogen) atoms. The lowest BCUT2D eigenvalue weighted by Gasteiger charge is -2.13. The van der Waals surface area contributed by atoms with E-state index in [1.165, 1.54) is 18.4 Å². The van der Waals surface area contributed by atoms with Crippen LogP contribution in [0.1, 0.15) is 50.7 Å². The van der Waals surface area contributed by atoms with Crippen LogP contribution in [0.2, 0.25) is 0 Å². The van der Waals surface area contributed by atoms with Gasteiger partial charge in [0.05, 0.1) is 5.75 Å². The van der Waals surface area contributed by atoms with Crippen molar-refractivity contribution in [3.8, 4) is 0 Å². The molecule has 1 aromatic carbocycles. The van der Waals surface area contributed by atoms with Crippen LogP contribution in [0.4, 0.5) is 0 Å². The molecule has 1 atom stereocenters. The van der Waals surface area contributed by atoms with E-state index in [1.54, 1.807) is 0 Å². The van der Waals surface area contributed by atoms with Crippen LogP contribution < -0.4 is 10.0 Å². The van der Waals surface area contributed by atoms with E-state index in [9.17, 15) is 8.42 Å². The summed E-state index contributed by atoms with van der Waals surface area (Å²) in [5, 5.41) is 3.45. The second-order valence-corrected chi connectivity index (χ2v) is 7.79. The Labute approximate surface area is 128 Å². The van der Waals surface area contributed by atoms with Gasteiger partial charge in [-0.2, -0.15) is 0 Å². The van der Waals surface area contributed by atoms with Crippen molar-refractivity contribution in [1.82, 2.24) is 10.0 Å². The van der Waals surface area contributed by atoms with Gasteiger partial charge in [0.2, 0.25) is 10.0 Å². The maximum atomic E-state index is 12.1. The standard InChI is InChI=1S/C16H26N2O2S/c1-3-4-13(2)18-21(19,20)12-15-7-5-14(6-8-15)11-17-16-9-10-16/h5-8,13,16-18H,3-4,9-12H2,1-2H3. The second-order valence-electron chi connectivity index (χ2n) is 6.04. The molecule has 0 aliphatic heterocycles. The Morgan fingerprint density at radius 3 is 2.38 bits per heavy atom. The summed E-state index contributed by atoms with van der Waals surface area (Å²) in [6, 6.07) is 8.53. The molecule has 0 radical (unpaired) electrons. The van der Waals surface area contributed by atoms with E-state index in [-0.39, 0.29) is 11.8 Å². The largest absolute Gasteiger partial charge is 0.310 e. The highest BCUT2D eigenvalue weighted by Crippen LogP contribution is 2.19. The van der Waals surface area contributed by atoms with Gasteiger partial charge < -0.3 is 5.32 Å². The molecule has 0 heterocycles. The summed E-state index contributed by atoms with van der Waals surface area (Å²) in [4.78, 5) is 0. The van der Waals surface area contributed by atoms with Crippen molar-refractivity contribution < 1.29 is 8.42 Å². The Morgan fingerprint density at radius 1 is 1.19 bits per heavy atom. The monoisotopic (exact) mass is 310 g/mol. The van der Waals surface area contributed by atoms with Crippen molar-refractivity contribution in [3.05, 3.63) is 35.4 Å². The fraction of sp³-hybridized carbons (Fsp3) is 0.625. The van der Waals surface area contributed by atoms with Crippen LogP contribution in [-0.2, 0) is 22.3 Å². The quantitative estimate of drug-likeness (QED) is 0.737. The molecular weight excluding hydrogens is 284 g/mol. The summed E-state index contributed by atoms with van der Waals surface area (Å²) in [7, 11) is -3.25. The first-order valence-corrected chi connectivity index (χ1v) is 9.45. The summed E-state index contributed by atoms with van der Waals surface area (Å²) in [5.41, 5.74) is 2.04. The summed E-state index contributed by atoms with van der Waals surface area (Å²) < 4.78 is 26.9. The van der Waals surface area contributed by atoms with Gasteiger partial charge >= 0.3 is 0 Å². The van der Waals surface area contributed by atoms with Gasteiger partial charge in [0.25, 0.3) is 0 Å². The molecule has 1 aromatic rings. The topological polar surface area (TPSA) is 58.2 Å². The maximum absolute atomic E-state index is 12.1. The normalized spacial score (nSPS) is 16.9. The van der Waals surface area contributed by atoms with Crippen LogP contribution in [0.3, 0.4) is 0 Å². The van der Waals surface area contributed by atoms with Crippen molar-refractivity contribution >= 4 is 10.0 Å². The lowest BCUT2D eigenvalue weighted by molar-refractivity contribution is 0.543. The molecule has 0 amide bonds. The second kappa shape index (κ2) is 7.38.